The highest BCUT2D eigenvalue weighted by Crippen LogP contribution is 2.48. The van der Waals surface area contributed by atoms with E-state index in [1.165, 1.54) is 6.07 Å². The number of unbranched alkanes of at least 4 members (excludes halogenated alkanes) is 5. The van der Waals surface area contributed by atoms with Crippen LogP contribution in [0.15, 0.2) is 29.9 Å². The maximum absolute atomic E-state index is 12.0. The average molecular weight is 445 g/mol. The molecule has 1 aliphatic carbocycles. The summed E-state index contributed by atoms with van der Waals surface area (Å²) in [6.45, 7) is 7.99. The fourth-order valence-electron chi connectivity index (χ4n) is 4.69. The Morgan fingerprint density at radius 2 is 1.69 bits per heavy atom. The molecule has 32 heavy (non-hydrogen) atoms. The van der Waals surface area contributed by atoms with E-state index in [0.29, 0.717) is 18.4 Å². The number of benzene rings is 1. The van der Waals surface area contributed by atoms with E-state index in [9.17, 15) is 24.9 Å². The summed E-state index contributed by atoms with van der Waals surface area (Å²) < 4.78 is 0. The molecule has 0 spiro atoms. The Morgan fingerprint density at radius 1 is 1.06 bits per heavy atom. The summed E-state index contributed by atoms with van der Waals surface area (Å²) in [5.74, 6) is -2.66. The van der Waals surface area contributed by atoms with Crippen molar-refractivity contribution in [3.05, 3.63) is 46.6 Å². The molecular weight excluding hydrogens is 408 g/mol. The van der Waals surface area contributed by atoms with E-state index in [4.69, 9.17) is 5.11 Å². The van der Waals surface area contributed by atoms with Crippen LogP contribution in [0.1, 0.15) is 99.0 Å². The molecule has 0 fully saturated rings. The van der Waals surface area contributed by atoms with Crippen LogP contribution in [0.3, 0.4) is 0 Å². The Morgan fingerprint density at radius 3 is 2.28 bits per heavy atom. The van der Waals surface area contributed by atoms with Gasteiger partial charge in [0.15, 0.2) is 0 Å². The van der Waals surface area contributed by atoms with Crippen LogP contribution in [-0.2, 0) is 11.2 Å². The van der Waals surface area contributed by atoms with E-state index in [2.05, 4.69) is 6.58 Å². The van der Waals surface area contributed by atoms with Crippen molar-refractivity contribution in [3.8, 4) is 11.5 Å². The zero-order valence-corrected chi connectivity index (χ0v) is 19.2. The Balaban J connectivity index is 2.16. The van der Waals surface area contributed by atoms with Gasteiger partial charge in [-0.1, -0.05) is 49.5 Å². The number of aromatic carboxylic acids is 1. The first-order valence-electron chi connectivity index (χ1n) is 11.5. The SMILES string of the molecule is C=C(C)[C@@H]1CCC(C)=C[C@H]1c1c(O)cc(CCCCCCCCC(=O)O)c(C(=O)O)c1O. The van der Waals surface area contributed by atoms with Gasteiger partial charge in [-0.3, -0.25) is 4.79 Å². The Hall–Kier alpha value is -2.76. The van der Waals surface area contributed by atoms with Crippen LogP contribution in [0.2, 0.25) is 0 Å². The van der Waals surface area contributed by atoms with Crippen molar-refractivity contribution in [1.82, 2.24) is 0 Å². The molecule has 6 nitrogen and oxygen atoms in total. The molecule has 0 radical (unpaired) electrons. The number of phenolic OH excluding ortho intramolecular Hbond substituents is 1. The molecule has 2 rings (SSSR count). The van der Waals surface area contributed by atoms with Gasteiger partial charge in [-0.2, -0.15) is 0 Å². The van der Waals surface area contributed by atoms with Crippen molar-refractivity contribution in [2.45, 2.75) is 84.0 Å². The highest BCUT2D eigenvalue weighted by molar-refractivity contribution is 5.94. The third-order valence-electron chi connectivity index (χ3n) is 6.41. The molecule has 1 aliphatic rings. The lowest BCUT2D eigenvalue weighted by atomic mass is 9.73. The lowest BCUT2D eigenvalue weighted by Gasteiger charge is -2.32. The number of carboxylic acids is 2. The molecule has 176 valence electrons. The number of hydrogen-bond acceptors (Lipinski definition) is 4. The largest absolute Gasteiger partial charge is 0.507 e. The van der Waals surface area contributed by atoms with E-state index in [0.717, 1.165) is 56.1 Å². The Labute approximate surface area is 190 Å². The second-order valence-electron chi connectivity index (χ2n) is 9.04. The summed E-state index contributed by atoms with van der Waals surface area (Å²) in [6.07, 6.45) is 9.40. The molecule has 0 bridgehead atoms. The monoisotopic (exact) mass is 444 g/mol. The number of carboxylic acid groups (broad SMARTS) is 2. The van der Waals surface area contributed by atoms with Crippen LogP contribution in [0.5, 0.6) is 11.5 Å². The first-order valence-corrected chi connectivity index (χ1v) is 11.5. The molecule has 0 saturated heterocycles. The zero-order chi connectivity index (χ0) is 23.8. The van der Waals surface area contributed by atoms with Gasteiger partial charge in [-0.25, -0.2) is 4.79 Å². The molecule has 0 saturated carbocycles. The lowest BCUT2D eigenvalue weighted by molar-refractivity contribution is -0.137. The van der Waals surface area contributed by atoms with E-state index < -0.39 is 11.9 Å². The maximum Gasteiger partial charge on any atom is 0.339 e. The molecule has 0 amide bonds. The summed E-state index contributed by atoms with van der Waals surface area (Å²) in [6, 6.07) is 1.50. The van der Waals surface area contributed by atoms with Gasteiger partial charge in [0.25, 0.3) is 0 Å². The van der Waals surface area contributed by atoms with Crippen molar-refractivity contribution in [2.75, 3.05) is 0 Å². The van der Waals surface area contributed by atoms with E-state index >= 15 is 0 Å². The minimum atomic E-state index is -1.20. The zero-order valence-electron chi connectivity index (χ0n) is 19.2. The standard InChI is InChI=1S/C26H36O6/c1-16(2)19-13-12-17(3)14-20(19)24-21(27)15-18(23(25(24)30)26(31)32)10-8-6-4-5-7-9-11-22(28)29/h14-15,19-20,27,30H,1,4-13H2,2-3H3,(H,28,29)(H,31,32)/t19-,20+/m0/s1. The van der Waals surface area contributed by atoms with Gasteiger partial charge in [0.1, 0.15) is 17.1 Å². The first kappa shape index (κ1) is 25.5. The number of carbonyl (C=O) groups is 2. The van der Waals surface area contributed by atoms with Gasteiger partial charge in [-0.05, 0) is 63.5 Å². The minimum Gasteiger partial charge on any atom is -0.507 e. The van der Waals surface area contributed by atoms with Gasteiger partial charge in [0.05, 0.1) is 0 Å². The molecule has 4 N–H and O–H groups in total. The topological polar surface area (TPSA) is 115 Å². The van der Waals surface area contributed by atoms with E-state index in [1.54, 1.807) is 0 Å². The predicted molar refractivity (Wildman–Crippen MR) is 124 cm³/mol. The van der Waals surface area contributed by atoms with Gasteiger partial charge in [-0.15, -0.1) is 0 Å². The van der Waals surface area contributed by atoms with Gasteiger partial charge >= 0.3 is 11.9 Å². The summed E-state index contributed by atoms with van der Waals surface area (Å²) >= 11 is 0. The molecule has 0 aliphatic heterocycles. The molecule has 6 heteroatoms. The molecule has 1 aromatic rings. The Bertz CT molecular complexity index is 883. The number of aliphatic carboxylic acids is 1. The average Bonchev–Trinajstić information content (AvgIpc) is 2.69. The van der Waals surface area contributed by atoms with E-state index in [-0.39, 0.29) is 40.9 Å². The summed E-state index contributed by atoms with van der Waals surface area (Å²) in [7, 11) is 0. The highest BCUT2D eigenvalue weighted by atomic mass is 16.4. The van der Waals surface area contributed by atoms with Gasteiger partial charge in [0, 0.05) is 17.9 Å². The van der Waals surface area contributed by atoms with Crippen molar-refractivity contribution in [3.63, 3.8) is 0 Å². The van der Waals surface area contributed by atoms with Crippen LogP contribution in [0.4, 0.5) is 0 Å². The maximum atomic E-state index is 12.0. The normalized spacial score (nSPS) is 18.2. The molecule has 2 atom stereocenters. The van der Waals surface area contributed by atoms with Crippen molar-refractivity contribution >= 4 is 11.9 Å². The second kappa shape index (κ2) is 11.7. The molecule has 0 aromatic heterocycles. The molecule has 1 aromatic carbocycles. The first-order chi connectivity index (χ1) is 15.1. The molecule has 0 unspecified atom stereocenters. The quantitative estimate of drug-likeness (QED) is 0.226. The lowest BCUT2D eigenvalue weighted by Crippen LogP contribution is -2.18. The number of hydrogen-bond donors (Lipinski definition) is 4. The van der Waals surface area contributed by atoms with Crippen LogP contribution in [0, 0.1) is 5.92 Å². The Kier molecular flexibility index (Phi) is 9.36. The van der Waals surface area contributed by atoms with Crippen molar-refractivity contribution in [2.24, 2.45) is 5.92 Å². The predicted octanol–water partition coefficient (Wildman–Crippen LogP) is 6.17. The third-order valence-corrected chi connectivity index (χ3v) is 6.41. The molecule has 0 heterocycles. The second-order valence-corrected chi connectivity index (χ2v) is 9.04. The number of allylic oxidation sites excluding steroid dienone is 3. The molecular formula is C26H36O6. The van der Waals surface area contributed by atoms with Crippen LogP contribution in [-0.4, -0.2) is 32.4 Å². The van der Waals surface area contributed by atoms with Gasteiger partial charge in [0.2, 0.25) is 0 Å². The van der Waals surface area contributed by atoms with E-state index in [1.807, 2.05) is 19.9 Å². The van der Waals surface area contributed by atoms with Crippen LogP contribution < -0.4 is 0 Å². The minimum absolute atomic E-state index is 0.0316. The third kappa shape index (κ3) is 6.62. The summed E-state index contributed by atoms with van der Waals surface area (Å²) in [4.78, 5) is 22.5. The smallest absolute Gasteiger partial charge is 0.339 e. The van der Waals surface area contributed by atoms with Crippen LogP contribution >= 0.6 is 0 Å². The number of aromatic hydroxyl groups is 2. The van der Waals surface area contributed by atoms with Crippen LogP contribution in [0.25, 0.3) is 0 Å². The highest BCUT2D eigenvalue weighted by Gasteiger charge is 2.32. The summed E-state index contributed by atoms with van der Waals surface area (Å²) in [5, 5.41) is 40.2. The fraction of sp³-hybridized carbons (Fsp3) is 0.538. The number of aryl methyl sites for hydroxylation is 1. The van der Waals surface area contributed by atoms with Crippen molar-refractivity contribution in [1.29, 1.82) is 0 Å². The fourth-order valence-corrected chi connectivity index (χ4v) is 4.69. The number of phenols is 2. The number of rotatable bonds is 12. The van der Waals surface area contributed by atoms with Crippen molar-refractivity contribution < 1.29 is 30.0 Å². The van der Waals surface area contributed by atoms with Gasteiger partial charge < -0.3 is 20.4 Å². The summed E-state index contributed by atoms with van der Waals surface area (Å²) in [5.41, 5.74) is 2.68.